The van der Waals surface area contributed by atoms with Crippen molar-refractivity contribution in [3.8, 4) is 0 Å². The normalized spacial score (nSPS) is 15.3. The average Bonchev–Trinajstić information content (AvgIpc) is 2.87. The van der Waals surface area contributed by atoms with Gasteiger partial charge in [-0.2, -0.15) is 0 Å². The minimum atomic E-state index is -2.92. The molecule has 8 nitrogen and oxygen atoms in total. The summed E-state index contributed by atoms with van der Waals surface area (Å²) >= 11 is 11.7. The van der Waals surface area contributed by atoms with E-state index in [4.69, 9.17) is 11.2 Å². The first-order chi connectivity index (χ1) is 18.3. The SMILES string of the molecule is CCCCN(CCCC)P(Br)(N(C)C)(N(C)C)N(C)C.CCCCN(CCCC)P(Cl)(N(C)C)(N(C)C)N(C)C. The van der Waals surface area contributed by atoms with Crippen molar-refractivity contribution < 1.29 is 0 Å². The van der Waals surface area contributed by atoms with E-state index in [-0.39, 0.29) is 0 Å². The summed E-state index contributed by atoms with van der Waals surface area (Å²) in [7, 11) is 25.8. The van der Waals surface area contributed by atoms with E-state index in [1.807, 2.05) is 0 Å². The molecular weight excluding hydrogens is 626 g/mol. The van der Waals surface area contributed by atoms with Gasteiger partial charge in [-0.15, -0.1) is 0 Å². The maximum absolute atomic E-state index is 7.47. The Labute approximate surface area is 265 Å². The van der Waals surface area contributed by atoms with Crippen LogP contribution in [0.2, 0.25) is 0 Å². The van der Waals surface area contributed by atoms with E-state index in [0.717, 1.165) is 26.2 Å². The average molecular weight is 698 g/mol. The third-order valence-electron chi connectivity index (χ3n) is 8.18. The van der Waals surface area contributed by atoms with Gasteiger partial charge in [-0.1, -0.05) is 0 Å². The molecule has 0 aliphatic rings. The number of rotatable bonds is 20. The zero-order valence-corrected chi connectivity index (χ0v) is 33.8. The van der Waals surface area contributed by atoms with Crippen LogP contribution in [-0.2, 0) is 0 Å². The molecule has 0 heterocycles. The molecule has 0 saturated heterocycles. The Hall–Kier alpha value is 1.31. The van der Waals surface area contributed by atoms with Crippen molar-refractivity contribution in [2.45, 2.75) is 79.1 Å². The van der Waals surface area contributed by atoms with Crippen LogP contribution in [-0.4, -0.2) is 148 Å². The second-order valence-electron chi connectivity index (χ2n) is 12.1. The van der Waals surface area contributed by atoms with Gasteiger partial charge in [0.2, 0.25) is 0 Å². The fraction of sp³-hybridized carbons (Fsp3) is 1.00. The molecule has 0 bridgehead atoms. The van der Waals surface area contributed by atoms with Crippen LogP contribution in [0.5, 0.6) is 0 Å². The van der Waals surface area contributed by atoms with Crippen molar-refractivity contribution in [2.75, 3.05) is 111 Å². The van der Waals surface area contributed by atoms with Gasteiger partial charge in [0.05, 0.1) is 0 Å². The van der Waals surface area contributed by atoms with Gasteiger partial charge < -0.3 is 0 Å². The van der Waals surface area contributed by atoms with Gasteiger partial charge in [0, 0.05) is 0 Å². The van der Waals surface area contributed by atoms with Crippen LogP contribution in [0.15, 0.2) is 0 Å². The van der Waals surface area contributed by atoms with Crippen LogP contribution in [0, 0.1) is 0 Å². The second kappa shape index (κ2) is 19.0. The Morgan fingerprint density at radius 2 is 0.650 bits per heavy atom. The fourth-order valence-corrected chi connectivity index (χ4v) is 16.6. The van der Waals surface area contributed by atoms with Crippen LogP contribution in [0.3, 0.4) is 0 Å². The Balaban J connectivity index is 0. The summed E-state index contributed by atoms with van der Waals surface area (Å²) in [6.45, 7) is 10.4. The summed E-state index contributed by atoms with van der Waals surface area (Å²) in [4.78, 5) is 0. The molecule has 0 aromatic heterocycles. The van der Waals surface area contributed by atoms with E-state index in [1.54, 1.807) is 0 Å². The van der Waals surface area contributed by atoms with Crippen LogP contribution >= 0.6 is 39.2 Å². The number of nitrogens with zero attached hydrogens (tertiary/aromatic N) is 8. The van der Waals surface area contributed by atoms with Gasteiger partial charge in [-0.3, -0.25) is 0 Å². The summed E-state index contributed by atoms with van der Waals surface area (Å²) in [6, 6.07) is 0. The van der Waals surface area contributed by atoms with Crippen molar-refractivity contribution in [1.29, 1.82) is 0 Å². The molecule has 0 rings (SSSR count). The molecule has 40 heavy (non-hydrogen) atoms. The number of hydrogen-bond acceptors (Lipinski definition) is 8. The molecule has 12 heteroatoms. The Morgan fingerprint density at radius 3 is 0.825 bits per heavy atom. The van der Waals surface area contributed by atoms with Gasteiger partial charge in [0.25, 0.3) is 0 Å². The summed E-state index contributed by atoms with van der Waals surface area (Å²) in [6.07, 6.45) is 9.70. The molecule has 0 aromatic carbocycles. The van der Waals surface area contributed by atoms with Gasteiger partial charge in [0.15, 0.2) is 0 Å². The molecular formula is C28H72BrClN8P2. The van der Waals surface area contributed by atoms with E-state index in [2.05, 4.69) is 165 Å². The number of hydrogen-bond donors (Lipinski definition) is 0. The van der Waals surface area contributed by atoms with Crippen LogP contribution in [0.25, 0.3) is 0 Å². The van der Waals surface area contributed by atoms with Gasteiger partial charge in [0.1, 0.15) is 0 Å². The fourth-order valence-electron chi connectivity index (χ4n) is 5.94. The van der Waals surface area contributed by atoms with Crippen LogP contribution in [0.1, 0.15) is 79.1 Å². The van der Waals surface area contributed by atoms with Crippen LogP contribution < -0.4 is 0 Å². The minimum absolute atomic E-state index is 1.05. The maximum atomic E-state index is 7.47. The van der Waals surface area contributed by atoms with Crippen molar-refractivity contribution in [2.24, 2.45) is 0 Å². The standard InChI is InChI=1S/C14H36BrN4P.C14H36ClN4P/c2*1-9-11-13-19(14-12-10-2)20(15,16(3)4,17(5)6)18(7)8/h2*9-14H2,1-8H3. The second-order valence-corrected chi connectivity index (χ2v) is 27.0. The van der Waals surface area contributed by atoms with E-state index < -0.39 is 12.5 Å². The zero-order chi connectivity index (χ0) is 32.0. The molecule has 248 valence electrons. The van der Waals surface area contributed by atoms with Gasteiger partial charge >= 0.3 is 266 Å². The summed E-state index contributed by atoms with van der Waals surface area (Å²) < 4.78 is 19.1. The third-order valence-corrected chi connectivity index (χ3v) is 29.6. The van der Waals surface area contributed by atoms with E-state index in [9.17, 15) is 0 Å². The summed E-state index contributed by atoms with van der Waals surface area (Å²) in [5.41, 5.74) is 0. The molecule has 0 spiro atoms. The topological polar surface area (TPSA) is 25.9 Å². The molecule has 0 amide bonds. The van der Waals surface area contributed by atoms with E-state index in [0.29, 0.717) is 0 Å². The van der Waals surface area contributed by atoms with Crippen molar-refractivity contribution in [3.63, 3.8) is 0 Å². The molecule has 0 saturated carbocycles. The molecule has 0 unspecified atom stereocenters. The van der Waals surface area contributed by atoms with Gasteiger partial charge in [-0.25, -0.2) is 0 Å². The number of unbranched alkanes of at least 4 members (excludes halogenated alkanes) is 4. The van der Waals surface area contributed by atoms with Crippen molar-refractivity contribution in [1.82, 2.24) is 37.4 Å². The first-order valence-electron chi connectivity index (χ1n) is 15.4. The summed E-state index contributed by atoms with van der Waals surface area (Å²) in [5.74, 6) is -2.58. The quantitative estimate of drug-likeness (QED) is 0.118. The molecule has 0 N–H and O–H groups in total. The molecule has 0 aliphatic heterocycles. The molecule has 0 atom stereocenters. The summed E-state index contributed by atoms with van der Waals surface area (Å²) in [5, 5.41) is 0. The molecule has 0 aliphatic carbocycles. The van der Waals surface area contributed by atoms with Crippen molar-refractivity contribution in [3.05, 3.63) is 0 Å². The van der Waals surface area contributed by atoms with Crippen LogP contribution in [0.4, 0.5) is 0 Å². The van der Waals surface area contributed by atoms with E-state index in [1.165, 1.54) is 51.4 Å². The molecule has 0 fully saturated rings. The number of halogens is 2. The first kappa shape index (κ1) is 43.4. The van der Waals surface area contributed by atoms with Gasteiger partial charge in [-0.05, 0) is 0 Å². The Bertz CT molecular complexity index is 562. The Morgan fingerprint density at radius 1 is 0.425 bits per heavy atom. The molecule has 0 radical (unpaired) electrons. The molecule has 0 aromatic rings. The Kier molecular flexibility index (Phi) is 20.6. The predicted molar refractivity (Wildman–Crippen MR) is 194 cm³/mol. The monoisotopic (exact) mass is 696 g/mol. The van der Waals surface area contributed by atoms with Crippen molar-refractivity contribution >= 4 is 39.2 Å². The first-order valence-corrected chi connectivity index (χ1v) is 22.4. The predicted octanol–water partition coefficient (Wildman–Crippen LogP) is 8.04. The zero-order valence-electron chi connectivity index (χ0n) is 29.7. The third kappa shape index (κ3) is 8.73. The van der Waals surface area contributed by atoms with E-state index >= 15 is 0 Å².